The maximum atomic E-state index is 12.0. The molecule has 0 aromatic carbocycles. The fourth-order valence-corrected chi connectivity index (χ4v) is 3.32. The van der Waals surface area contributed by atoms with Crippen molar-refractivity contribution in [1.82, 2.24) is 16.0 Å². The summed E-state index contributed by atoms with van der Waals surface area (Å²) in [6.07, 6.45) is 11.4. The molecule has 27 heavy (non-hydrogen) atoms. The minimum Gasteiger partial charge on any atom is -0.320 e. The molecular formula is C21H37N3O3. The zero-order chi connectivity index (χ0) is 20.5. The van der Waals surface area contributed by atoms with E-state index in [4.69, 9.17) is 0 Å². The van der Waals surface area contributed by atoms with Gasteiger partial charge in [0, 0.05) is 6.54 Å². The number of carbonyl (C=O) groups is 3. The van der Waals surface area contributed by atoms with Crippen LogP contribution in [-0.2, 0) is 14.4 Å². The Kier molecular flexibility index (Phi) is 15.3. The topological polar surface area (TPSA) is 87.3 Å². The first-order valence-electron chi connectivity index (χ1n) is 9.95. The first-order chi connectivity index (χ1) is 13.1. The smallest absolute Gasteiger partial charge is 0.243 e. The summed E-state index contributed by atoms with van der Waals surface area (Å²) in [4.78, 5) is 33.7. The summed E-state index contributed by atoms with van der Waals surface area (Å²) in [6, 6.07) is -0.443. The van der Waals surface area contributed by atoms with Gasteiger partial charge in [0.25, 0.3) is 0 Å². The molecule has 0 radical (unpaired) electrons. The Morgan fingerprint density at radius 1 is 1.15 bits per heavy atom. The number of amides is 2. The van der Waals surface area contributed by atoms with Crippen molar-refractivity contribution < 1.29 is 14.4 Å². The molecule has 3 N–H and O–H groups in total. The van der Waals surface area contributed by atoms with E-state index >= 15 is 0 Å². The summed E-state index contributed by atoms with van der Waals surface area (Å²) in [5.74, 6) is 0.533. The molecule has 0 saturated heterocycles. The van der Waals surface area contributed by atoms with Gasteiger partial charge in [-0.3, -0.25) is 19.7 Å². The molecule has 0 heterocycles. The lowest BCUT2D eigenvalue weighted by Crippen LogP contribution is -2.44. The van der Waals surface area contributed by atoms with Gasteiger partial charge in [0.05, 0.1) is 6.04 Å². The first kappa shape index (κ1) is 25.2. The molecule has 3 unspecified atom stereocenters. The van der Waals surface area contributed by atoms with Gasteiger partial charge in [-0.05, 0) is 57.7 Å². The van der Waals surface area contributed by atoms with Crippen LogP contribution in [0.15, 0.2) is 23.8 Å². The normalized spacial score (nSPS) is 15.3. The Morgan fingerprint density at radius 3 is 2.41 bits per heavy atom. The molecule has 0 aromatic rings. The van der Waals surface area contributed by atoms with Crippen molar-refractivity contribution in [3.05, 3.63) is 23.8 Å². The van der Waals surface area contributed by atoms with E-state index in [-0.39, 0.29) is 5.91 Å². The Labute approximate surface area is 164 Å². The highest BCUT2D eigenvalue weighted by Gasteiger charge is 2.20. The van der Waals surface area contributed by atoms with E-state index in [1.165, 1.54) is 0 Å². The SMILES string of the molecule is C/C=C\C(C/C(=C/C=O)CNC(CCC)C(=O)NC=O)C(CC)CCNC. The predicted molar refractivity (Wildman–Crippen MR) is 110 cm³/mol. The molecule has 0 aliphatic heterocycles. The van der Waals surface area contributed by atoms with E-state index in [1.807, 2.05) is 20.9 Å². The molecule has 6 heteroatoms. The van der Waals surface area contributed by atoms with Gasteiger partial charge in [-0.1, -0.05) is 44.4 Å². The summed E-state index contributed by atoms with van der Waals surface area (Å²) in [5, 5.41) is 8.62. The van der Waals surface area contributed by atoms with Crippen LogP contribution in [-0.4, -0.2) is 44.8 Å². The Hall–Kier alpha value is -1.79. The molecule has 3 atom stereocenters. The Morgan fingerprint density at radius 2 is 1.89 bits per heavy atom. The van der Waals surface area contributed by atoms with Gasteiger partial charge in [-0.15, -0.1) is 0 Å². The van der Waals surface area contributed by atoms with Crippen LogP contribution in [0.5, 0.6) is 0 Å². The second-order valence-corrected chi connectivity index (χ2v) is 6.76. The number of imide groups is 1. The minimum atomic E-state index is -0.443. The summed E-state index contributed by atoms with van der Waals surface area (Å²) in [7, 11) is 1.96. The van der Waals surface area contributed by atoms with Crippen LogP contribution in [0, 0.1) is 11.8 Å². The lowest BCUT2D eigenvalue weighted by atomic mass is 9.82. The van der Waals surface area contributed by atoms with E-state index in [0.717, 1.165) is 44.1 Å². The van der Waals surface area contributed by atoms with Gasteiger partial charge in [-0.2, -0.15) is 0 Å². The number of aldehydes is 1. The number of nitrogens with one attached hydrogen (secondary N) is 3. The largest absolute Gasteiger partial charge is 0.320 e. The second kappa shape index (κ2) is 16.4. The van der Waals surface area contributed by atoms with Crippen LogP contribution in [0.4, 0.5) is 0 Å². The molecule has 0 aliphatic rings. The van der Waals surface area contributed by atoms with Crippen molar-refractivity contribution in [3.8, 4) is 0 Å². The van der Waals surface area contributed by atoms with E-state index in [1.54, 1.807) is 6.08 Å². The molecule has 0 aliphatic carbocycles. The Balaban J connectivity index is 5.10. The van der Waals surface area contributed by atoms with Crippen LogP contribution < -0.4 is 16.0 Å². The quantitative estimate of drug-likeness (QED) is 0.218. The van der Waals surface area contributed by atoms with Crippen LogP contribution in [0.3, 0.4) is 0 Å². The highest BCUT2D eigenvalue weighted by atomic mass is 16.2. The third-order valence-corrected chi connectivity index (χ3v) is 4.81. The zero-order valence-electron chi connectivity index (χ0n) is 17.3. The summed E-state index contributed by atoms with van der Waals surface area (Å²) >= 11 is 0. The third-order valence-electron chi connectivity index (χ3n) is 4.81. The van der Waals surface area contributed by atoms with Gasteiger partial charge in [0.1, 0.15) is 6.29 Å². The summed E-state index contributed by atoms with van der Waals surface area (Å²) in [5.41, 5.74) is 0.969. The maximum absolute atomic E-state index is 12.0. The van der Waals surface area contributed by atoms with Gasteiger partial charge in [0.2, 0.25) is 12.3 Å². The fourth-order valence-electron chi connectivity index (χ4n) is 3.32. The van der Waals surface area contributed by atoms with Crippen LogP contribution >= 0.6 is 0 Å². The van der Waals surface area contributed by atoms with Gasteiger partial charge >= 0.3 is 0 Å². The highest BCUT2D eigenvalue weighted by Crippen LogP contribution is 2.27. The summed E-state index contributed by atoms with van der Waals surface area (Å²) in [6.45, 7) is 7.61. The molecule has 0 fully saturated rings. The Bertz CT molecular complexity index is 489. The molecule has 6 nitrogen and oxygen atoms in total. The predicted octanol–water partition coefficient (Wildman–Crippen LogP) is 2.36. The van der Waals surface area contributed by atoms with Crippen molar-refractivity contribution in [1.29, 1.82) is 0 Å². The fraction of sp³-hybridized carbons (Fsp3) is 0.667. The van der Waals surface area contributed by atoms with Gasteiger partial charge in [-0.25, -0.2) is 0 Å². The van der Waals surface area contributed by atoms with Gasteiger partial charge in [0.15, 0.2) is 0 Å². The third kappa shape index (κ3) is 10.8. The molecule has 0 bridgehead atoms. The number of hydrogen-bond donors (Lipinski definition) is 3. The van der Waals surface area contributed by atoms with Crippen molar-refractivity contribution in [2.75, 3.05) is 20.1 Å². The van der Waals surface area contributed by atoms with E-state index in [9.17, 15) is 14.4 Å². The molecule has 154 valence electrons. The number of carbonyl (C=O) groups excluding carboxylic acids is 3. The van der Waals surface area contributed by atoms with Crippen molar-refractivity contribution in [2.45, 2.75) is 58.9 Å². The van der Waals surface area contributed by atoms with Crippen molar-refractivity contribution >= 4 is 18.6 Å². The molecule has 0 aromatic heterocycles. The standard InChI is InChI=1S/C21H37N3O3/c1-5-8-19(18(7-3)10-12-22-4)14-17(11-13-25)15-23-20(9-6-2)21(27)24-16-26/h5,8,11,13,16,18-20,22-23H,6-7,9-10,12,14-15H2,1-4H3,(H,24,26,27)/b8-5-,17-11-. The zero-order valence-corrected chi connectivity index (χ0v) is 17.3. The number of hydrogen-bond acceptors (Lipinski definition) is 5. The molecular weight excluding hydrogens is 342 g/mol. The lowest BCUT2D eigenvalue weighted by Gasteiger charge is -2.26. The number of rotatable bonds is 16. The van der Waals surface area contributed by atoms with Crippen LogP contribution in [0.25, 0.3) is 0 Å². The van der Waals surface area contributed by atoms with E-state index in [2.05, 4.69) is 35.0 Å². The highest BCUT2D eigenvalue weighted by molar-refractivity contribution is 5.89. The maximum Gasteiger partial charge on any atom is 0.243 e. The molecule has 2 amide bonds. The molecule has 0 spiro atoms. The molecule has 0 saturated carbocycles. The van der Waals surface area contributed by atoms with E-state index in [0.29, 0.717) is 31.2 Å². The van der Waals surface area contributed by atoms with Gasteiger partial charge < -0.3 is 10.6 Å². The van der Waals surface area contributed by atoms with Crippen molar-refractivity contribution in [3.63, 3.8) is 0 Å². The van der Waals surface area contributed by atoms with Crippen LogP contribution in [0.1, 0.15) is 52.9 Å². The van der Waals surface area contributed by atoms with Crippen molar-refractivity contribution in [2.24, 2.45) is 11.8 Å². The number of allylic oxidation sites excluding steroid dienone is 3. The monoisotopic (exact) mass is 379 g/mol. The minimum absolute atomic E-state index is 0.331. The van der Waals surface area contributed by atoms with E-state index < -0.39 is 6.04 Å². The summed E-state index contributed by atoms with van der Waals surface area (Å²) < 4.78 is 0. The first-order valence-corrected chi connectivity index (χ1v) is 9.95. The second-order valence-electron chi connectivity index (χ2n) is 6.76. The average molecular weight is 380 g/mol. The lowest BCUT2D eigenvalue weighted by molar-refractivity contribution is -0.127. The van der Waals surface area contributed by atoms with Crippen LogP contribution in [0.2, 0.25) is 0 Å². The average Bonchev–Trinajstić information content (AvgIpc) is 2.65. The molecule has 0 rings (SSSR count).